The summed E-state index contributed by atoms with van der Waals surface area (Å²) in [6, 6.07) is 0. The molecule has 2 unspecified atom stereocenters. The number of carbonyl (C=O) groups excluding carboxylic acids is 3. The first-order chi connectivity index (χ1) is 17.0. The van der Waals surface area contributed by atoms with Gasteiger partial charge < -0.3 is 14.2 Å². The van der Waals surface area contributed by atoms with Gasteiger partial charge in [-0.2, -0.15) is 25.3 Å². The van der Waals surface area contributed by atoms with Gasteiger partial charge >= 0.3 is 38.1 Å². The minimum Gasteiger partial charge on any atom is -0.458 e. The third kappa shape index (κ3) is 20.4. The lowest BCUT2D eigenvalue weighted by Gasteiger charge is -2.20. The first-order valence-corrected chi connectivity index (χ1v) is 15.0. The minimum atomic E-state index is -4.40. The SMILES string of the molecule is C=CC(=O)OC(C)(C)S(=O)(=O)O.C=CC(=O)OC(CC)CS(=O)(=O)O.C=CC(=O)OC(CCC)S(=O)(=O)O. The number of ether oxygens (including phenoxy) is 3. The maximum Gasteiger partial charge on any atom is 0.331 e. The Morgan fingerprint density at radius 2 is 1.24 bits per heavy atom. The summed E-state index contributed by atoms with van der Waals surface area (Å²) in [6.07, 6.45) is 2.64. The Balaban J connectivity index is -0.000000484. The minimum absolute atomic E-state index is 0.0679. The van der Waals surface area contributed by atoms with Crippen LogP contribution in [0.15, 0.2) is 38.0 Å². The molecule has 38 heavy (non-hydrogen) atoms. The smallest absolute Gasteiger partial charge is 0.331 e. The zero-order valence-electron chi connectivity index (χ0n) is 21.3. The fraction of sp³-hybridized carbons (Fsp3) is 0.550. The molecule has 0 aliphatic rings. The van der Waals surface area contributed by atoms with Crippen LogP contribution >= 0.6 is 0 Å². The number of hydrogen-bond donors (Lipinski definition) is 3. The van der Waals surface area contributed by atoms with Gasteiger partial charge in [0.05, 0.1) is 0 Å². The zero-order valence-corrected chi connectivity index (χ0v) is 23.8. The van der Waals surface area contributed by atoms with Crippen LogP contribution in [0.1, 0.15) is 47.0 Å². The van der Waals surface area contributed by atoms with E-state index in [0.717, 1.165) is 32.1 Å². The third-order valence-corrected chi connectivity index (χ3v) is 6.82. The molecule has 0 bridgehead atoms. The fourth-order valence-electron chi connectivity index (χ4n) is 1.70. The first kappa shape index (κ1) is 39.9. The monoisotopic (exact) mass is 610 g/mol. The van der Waals surface area contributed by atoms with E-state index in [2.05, 4.69) is 33.9 Å². The fourth-order valence-corrected chi connectivity index (χ4v) is 3.41. The molecule has 0 aliphatic heterocycles. The summed E-state index contributed by atoms with van der Waals surface area (Å²) in [7, 11) is -12.8. The van der Waals surface area contributed by atoms with Crippen molar-refractivity contribution in [3.63, 3.8) is 0 Å². The summed E-state index contributed by atoms with van der Waals surface area (Å²) in [5, 5.41) is 0. The number of carbonyl (C=O) groups is 3. The van der Waals surface area contributed by atoms with Gasteiger partial charge in [-0.1, -0.05) is 40.0 Å². The van der Waals surface area contributed by atoms with Crippen molar-refractivity contribution in [3.05, 3.63) is 38.0 Å². The van der Waals surface area contributed by atoms with Gasteiger partial charge in [0.15, 0.2) is 0 Å². The van der Waals surface area contributed by atoms with E-state index in [9.17, 15) is 39.6 Å². The van der Waals surface area contributed by atoms with Crippen molar-refractivity contribution < 1.29 is 67.5 Å². The molecule has 0 saturated heterocycles. The second-order valence-electron chi connectivity index (χ2n) is 7.29. The Bertz CT molecular complexity index is 1130. The molecule has 0 amide bonds. The Hall–Kier alpha value is -2.64. The summed E-state index contributed by atoms with van der Waals surface area (Å²) < 4.78 is 102. The highest BCUT2D eigenvalue weighted by molar-refractivity contribution is 7.87. The summed E-state index contributed by atoms with van der Waals surface area (Å²) >= 11 is 0. The summed E-state index contributed by atoms with van der Waals surface area (Å²) in [6.45, 7) is 14.8. The average Bonchev–Trinajstić information content (AvgIpc) is 2.76. The number of rotatable bonds is 13. The lowest BCUT2D eigenvalue weighted by Crippen LogP contribution is -2.36. The number of esters is 3. The normalized spacial score (nSPS) is 13.0. The van der Waals surface area contributed by atoms with Crippen LogP contribution in [0, 0.1) is 0 Å². The molecule has 0 fully saturated rings. The van der Waals surface area contributed by atoms with Crippen LogP contribution in [0.5, 0.6) is 0 Å². The van der Waals surface area contributed by atoms with Gasteiger partial charge in [-0.05, 0) is 20.3 Å². The van der Waals surface area contributed by atoms with Crippen molar-refractivity contribution >= 4 is 48.3 Å². The highest BCUT2D eigenvalue weighted by Crippen LogP contribution is 2.16. The molecule has 15 nitrogen and oxygen atoms in total. The van der Waals surface area contributed by atoms with E-state index in [1.807, 2.05) is 0 Å². The number of hydrogen-bond acceptors (Lipinski definition) is 12. The van der Waals surface area contributed by atoms with E-state index in [0.29, 0.717) is 12.8 Å². The molecule has 0 heterocycles. The highest BCUT2D eigenvalue weighted by atomic mass is 32.2. The summed E-state index contributed by atoms with van der Waals surface area (Å²) in [5.74, 6) is -3.05. The van der Waals surface area contributed by atoms with Crippen molar-refractivity contribution in [1.82, 2.24) is 0 Å². The van der Waals surface area contributed by atoms with Crippen molar-refractivity contribution in [2.75, 3.05) is 5.75 Å². The van der Waals surface area contributed by atoms with E-state index >= 15 is 0 Å². The van der Waals surface area contributed by atoms with Crippen LogP contribution in [0.3, 0.4) is 0 Å². The predicted octanol–water partition coefficient (Wildman–Crippen LogP) is 1.45. The third-order valence-electron chi connectivity index (χ3n) is 3.71. The van der Waals surface area contributed by atoms with E-state index in [-0.39, 0.29) is 6.42 Å². The Labute approximate surface area is 222 Å². The summed E-state index contributed by atoms with van der Waals surface area (Å²) in [5.41, 5.74) is -1.48. The largest absolute Gasteiger partial charge is 0.458 e. The van der Waals surface area contributed by atoms with Gasteiger partial charge in [0.1, 0.15) is 11.9 Å². The standard InChI is InChI=1S/2C7H12O5S.C6H10O5S/c1-3-6(5-13(9,10)11)12-7(8)4-2;1-3-5-7(13(9,10)11)12-6(8)4-2;1-4-5(7)11-6(2,3)12(8,9)10/h4,6H,2-3,5H2,1H3,(H,9,10,11);4,7H,2-3,5H2,1H3,(H,9,10,11);4H,1H2,2-3H3,(H,8,9,10). The Morgan fingerprint density at radius 3 is 1.53 bits per heavy atom. The molecule has 0 aromatic rings. The maximum absolute atomic E-state index is 10.7. The van der Waals surface area contributed by atoms with Gasteiger partial charge in [0.2, 0.25) is 10.4 Å². The lowest BCUT2D eigenvalue weighted by atomic mass is 10.3. The van der Waals surface area contributed by atoms with Crippen LogP contribution < -0.4 is 0 Å². The van der Waals surface area contributed by atoms with Gasteiger partial charge in [0.25, 0.3) is 10.1 Å². The van der Waals surface area contributed by atoms with E-state index in [1.165, 1.54) is 0 Å². The van der Waals surface area contributed by atoms with E-state index in [1.54, 1.807) is 13.8 Å². The van der Waals surface area contributed by atoms with Crippen LogP contribution in [0.25, 0.3) is 0 Å². The van der Waals surface area contributed by atoms with Gasteiger partial charge in [-0.3, -0.25) is 13.7 Å². The molecule has 0 aromatic heterocycles. The Kier molecular flexibility index (Phi) is 18.7. The Morgan fingerprint density at radius 1 is 0.816 bits per heavy atom. The molecule has 18 heteroatoms. The second-order valence-corrected chi connectivity index (χ2v) is 12.3. The van der Waals surface area contributed by atoms with Crippen LogP contribution in [0.4, 0.5) is 0 Å². The zero-order chi connectivity index (χ0) is 31.0. The van der Waals surface area contributed by atoms with Crippen molar-refractivity contribution in [1.29, 1.82) is 0 Å². The molecule has 222 valence electrons. The van der Waals surface area contributed by atoms with Gasteiger partial charge in [-0.25, -0.2) is 14.4 Å². The lowest BCUT2D eigenvalue weighted by molar-refractivity contribution is -0.144. The van der Waals surface area contributed by atoms with E-state index < -0.39 is 70.5 Å². The first-order valence-electron chi connectivity index (χ1n) is 10.4. The predicted molar refractivity (Wildman–Crippen MR) is 135 cm³/mol. The van der Waals surface area contributed by atoms with E-state index in [4.69, 9.17) is 13.7 Å². The quantitative estimate of drug-likeness (QED) is 0.116. The van der Waals surface area contributed by atoms with Crippen molar-refractivity contribution in [2.24, 2.45) is 0 Å². The topological polar surface area (TPSA) is 242 Å². The molecule has 0 radical (unpaired) electrons. The highest BCUT2D eigenvalue weighted by Gasteiger charge is 2.36. The second kappa shape index (κ2) is 17.8. The molecule has 0 rings (SSSR count). The van der Waals surface area contributed by atoms with Crippen LogP contribution in [-0.4, -0.2) is 79.0 Å². The molecular formula is C20H34O15S3. The van der Waals surface area contributed by atoms with Gasteiger partial charge in [-0.15, -0.1) is 0 Å². The molecule has 0 saturated carbocycles. The van der Waals surface area contributed by atoms with Crippen LogP contribution in [-0.2, 0) is 58.9 Å². The van der Waals surface area contributed by atoms with Crippen molar-refractivity contribution in [3.8, 4) is 0 Å². The molecular weight excluding hydrogens is 576 g/mol. The molecule has 0 aromatic carbocycles. The molecule has 3 N–H and O–H groups in total. The van der Waals surface area contributed by atoms with Crippen LogP contribution in [0.2, 0.25) is 0 Å². The van der Waals surface area contributed by atoms with Gasteiger partial charge in [0, 0.05) is 24.6 Å². The molecule has 0 aliphatic carbocycles. The van der Waals surface area contributed by atoms with Crippen molar-refractivity contribution in [2.45, 2.75) is 63.4 Å². The molecule has 0 spiro atoms. The molecule has 2 atom stereocenters. The average molecular weight is 611 g/mol. The summed E-state index contributed by atoms with van der Waals surface area (Å²) in [4.78, 5) is 29.9. The maximum atomic E-state index is 10.7.